The van der Waals surface area contributed by atoms with Gasteiger partial charge in [-0.25, -0.2) is 13.1 Å². The highest BCUT2D eigenvalue weighted by Gasteiger charge is 2.18. The van der Waals surface area contributed by atoms with E-state index in [1.54, 1.807) is 6.07 Å². The van der Waals surface area contributed by atoms with E-state index in [1.165, 1.54) is 19.2 Å². The SMILES string of the molecule is CCNCCNS(=O)(=O)c1cc(OC)ccc1Cl.Cl. The first-order chi connectivity index (χ1) is 8.51. The van der Waals surface area contributed by atoms with E-state index in [9.17, 15) is 8.42 Å². The van der Waals surface area contributed by atoms with Crippen molar-refractivity contribution in [2.75, 3.05) is 26.7 Å². The molecule has 110 valence electrons. The molecule has 2 N–H and O–H groups in total. The molecule has 19 heavy (non-hydrogen) atoms. The molecular formula is C11H18Cl2N2O3S. The Kier molecular flexibility index (Phi) is 8.36. The lowest BCUT2D eigenvalue weighted by molar-refractivity contribution is 0.413. The summed E-state index contributed by atoms with van der Waals surface area (Å²) in [6, 6.07) is 4.51. The number of halogens is 2. The molecule has 0 fully saturated rings. The smallest absolute Gasteiger partial charge is 0.242 e. The molecule has 0 amide bonds. The molecule has 0 saturated carbocycles. The summed E-state index contributed by atoms with van der Waals surface area (Å²) in [5.74, 6) is 0.450. The van der Waals surface area contributed by atoms with Crippen LogP contribution in [0.3, 0.4) is 0 Å². The molecule has 0 aliphatic rings. The van der Waals surface area contributed by atoms with Crippen molar-refractivity contribution >= 4 is 34.0 Å². The van der Waals surface area contributed by atoms with Gasteiger partial charge in [0.15, 0.2) is 0 Å². The second-order valence-corrected chi connectivity index (χ2v) is 5.69. The van der Waals surface area contributed by atoms with Gasteiger partial charge >= 0.3 is 0 Å². The molecule has 0 atom stereocenters. The first kappa shape index (κ1) is 18.5. The Hall–Kier alpha value is -0.530. The summed E-state index contributed by atoms with van der Waals surface area (Å²) in [7, 11) is -2.14. The Morgan fingerprint density at radius 3 is 2.58 bits per heavy atom. The largest absolute Gasteiger partial charge is 0.497 e. The summed E-state index contributed by atoms with van der Waals surface area (Å²) in [4.78, 5) is 0.0278. The molecule has 0 heterocycles. The highest BCUT2D eigenvalue weighted by molar-refractivity contribution is 7.89. The topological polar surface area (TPSA) is 67.4 Å². The van der Waals surface area contributed by atoms with Crippen molar-refractivity contribution in [3.63, 3.8) is 0 Å². The van der Waals surface area contributed by atoms with E-state index < -0.39 is 10.0 Å². The molecule has 0 aromatic heterocycles. The van der Waals surface area contributed by atoms with Crippen molar-refractivity contribution in [1.29, 1.82) is 0 Å². The van der Waals surface area contributed by atoms with Crippen LogP contribution >= 0.6 is 24.0 Å². The number of sulfonamides is 1. The van der Waals surface area contributed by atoms with Crippen LogP contribution in [-0.2, 0) is 10.0 Å². The minimum absolute atomic E-state index is 0. The molecule has 0 bridgehead atoms. The van der Waals surface area contributed by atoms with E-state index in [2.05, 4.69) is 10.0 Å². The van der Waals surface area contributed by atoms with Crippen molar-refractivity contribution in [2.45, 2.75) is 11.8 Å². The zero-order valence-electron chi connectivity index (χ0n) is 10.8. The van der Waals surface area contributed by atoms with Gasteiger partial charge < -0.3 is 10.1 Å². The van der Waals surface area contributed by atoms with Gasteiger partial charge in [-0.15, -0.1) is 12.4 Å². The molecule has 0 spiro atoms. The second kappa shape index (κ2) is 8.60. The Balaban J connectivity index is 0.00000324. The monoisotopic (exact) mass is 328 g/mol. The summed E-state index contributed by atoms with van der Waals surface area (Å²) in [6.45, 7) is 3.62. The van der Waals surface area contributed by atoms with Crippen LogP contribution in [-0.4, -0.2) is 35.2 Å². The fourth-order valence-corrected chi connectivity index (χ4v) is 2.89. The van der Waals surface area contributed by atoms with E-state index in [1.807, 2.05) is 6.92 Å². The number of ether oxygens (including phenoxy) is 1. The average Bonchev–Trinajstić information content (AvgIpc) is 2.35. The quantitative estimate of drug-likeness (QED) is 0.747. The molecule has 0 saturated heterocycles. The van der Waals surface area contributed by atoms with Crippen molar-refractivity contribution in [2.24, 2.45) is 0 Å². The average molecular weight is 329 g/mol. The number of likely N-dealkylation sites (N-methyl/N-ethyl adjacent to an activating group) is 1. The molecule has 0 aliphatic carbocycles. The van der Waals surface area contributed by atoms with E-state index in [0.717, 1.165) is 6.54 Å². The lowest BCUT2D eigenvalue weighted by atomic mass is 10.3. The third kappa shape index (κ3) is 5.54. The van der Waals surface area contributed by atoms with Crippen molar-refractivity contribution in [3.8, 4) is 5.75 Å². The summed E-state index contributed by atoms with van der Waals surface area (Å²) in [5.41, 5.74) is 0. The Labute approximate surface area is 125 Å². The van der Waals surface area contributed by atoms with E-state index in [0.29, 0.717) is 18.8 Å². The third-order valence-corrected chi connectivity index (χ3v) is 4.21. The Morgan fingerprint density at radius 2 is 2.00 bits per heavy atom. The number of nitrogens with one attached hydrogen (secondary N) is 2. The van der Waals surface area contributed by atoms with Crippen LogP contribution in [0.2, 0.25) is 5.02 Å². The fourth-order valence-electron chi connectivity index (χ4n) is 1.34. The number of rotatable bonds is 7. The van der Waals surface area contributed by atoms with Crippen LogP contribution < -0.4 is 14.8 Å². The maximum absolute atomic E-state index is 12.0. The van der Waals surface area contributed by atoms with Gasteiger partial charge in [-0.1, -0.05) is 18.5 Å². The summed E-state index contributed by atoms with van der Waals surface area (Å²) < 4.78 is 31.5. The molecule has 1 aromatic carbocycles. The summed E-state index contributed by atoms with van der Waals surface area (Å²) >= 11 is 5.89. The second-order valence-electron chi connectivity index (χ2n) is 3.55. The number of hydrogen-bond acceptors (Lipinski definition) is 4. The maximum Gasteiger partial charge on any atom is 0.242 e. The summed E-state index contributed by atoms with van der Waals surface area (Å²) in [6.07, 6.45) is 0. The number of hydrogen-bond donors (Lipinski definition) is 2. The lowest BCUT2D eigenvalue weighted by Gasteiger charge is -2.10. The van der Waals surface area contributed by atoms with E-state index in [-0.39, 0.29) is 22.3 Å². The molecule has 1 aromatic rings. The van der Waals surface area contributed by atoms with Gasteiger partial charge in [0, 0.05) is 19.2 Å². The zero-order valence-corrected chi connectivity index (χ0v) is 13.2. The van der Waals surface area contributed by atoms with Gasteiger partial charge in [0.1, 0.15) is 10.6 Å². The third-order valence-electron chi connectivity index (χ3n) is 2.27. The molecule has 8 heteroatoms. The fraction of sp³-hybridized carbons (Fsp3) is 0.455. The lowest BCUT2D eigenvalue weighted by Crippen LogP contribution is -2.31. The van der Waals surface area contributed by atoms with Crippen LogP contribution in [0, 0.1) is 0 Å². The standard InChI is InChI=1S/C11H17ClN2O3S.ClH/c1-3-13-6-7-14-18(15,16)11-8-9(17-2)4-5-10(11)12;/h4-5,8,13-14H,3,6-7H2,1-2H3;1H. The van der Waals surface area contributed by atoms with Gasteiger partial charge in [-0.2, -0.15) is 0 Å². The molecular weight excluding hydrogens is 311 g/mol. The van der Waals surface area contributed by atoms with Gasteiger partial charge in [0.2, 0.25) is 10.0 Å². The molecule has 0 radical (unpaired) electrons. The Bertz CT molecular complexity index is 495. The van der Waals surface area contributed by atoms with Crippen LogP contribution in [0.1, 0.15) is 6.92 Å². The van der Waals surface area contributed by atoms with Crippen LogP contribution in [0.25, 0.3) is 0 Å². The molecule has 0 unspecified atom stereocenters. The highest BCUT2D eigenvalue weighted by Crippen LogP contribution is 2.25. The molecule has 1 rings (SSSR count). The first-order valence-electron chi connectivity index (χ1n) is 5.55. The highest BCUT2D eigenvalue weighted by atomic mass is 35.5. The van der Waals surface area contributed by atoms with Crippen molar-refractivity contribution in [3.05, 3.63) is 23.2 Å². The predicted molar refractivity (Wildman–Crippen MR) is 79.0 cm³/mol. The van der Waals surface area contributed by atoms with Crippen LogP contribution in [0.5, 0.6) is 5.75 Å². The van der Waals surface area contributed by atoms with Gasteiger partial charge in [0.05, 0.1) is 12.1 Å². The summed E-state index contributed by atoms with van der Waals surface area (Å²) in [5, 5.41) is 3.20. The van der Waals surface area contributed by atoms with E-state index in [4.69, 9.17) is 16.3 Å². The maximum atomic E-state index is 12.0. The van der Waals surface area contributed by atoms with Gasteiger partial charge in [-0.05, 0) is 18.7 Å². The normalized spacial score (nSPS) is 10.9. The van der Waals surface area contributed by atoms with Crippen LogP contribution in [0.15, 0.2) is 23.1 Å². The van der Waals surface area contributed by atoms with Gasteiger partial charge in [-0.3, -0.25) is 0 Å². The number of methoxy groups -OCH3 is 1. The minimum atomic E-state index is -3.61. The predicted octanol–water partition coefficient (Wildman–Crippen LogP) is 1.66. The van der Waals surface area contributed by atoms with Crippen molar-refractivity contribution < 1.29 is 13.2 Å². The van der Waals surface area contributed by atoms with Gasteiger partial charge in [0.25, 0.3) is 0 Å². The van der Waals surface area contributed by atoms with Crippen molar-refractivity contribution in [1.82, 2.24) is 10.0 Å². The molecule has 0 aliphatic heterocycles. The first-order valence-corrected chi connectivity index (χ1v) is 7.41. The number of benzene rings is 1. The Morgan fingerprint density at radius 1 is 1.32 bits per heavy atom. The van der Waals surface area contributed by atoms with E-state index >= 15 is 0 Å². The minimum Gasteiger partial charge on any atom is -0.497 e. The molecule has 5 nitrogen and oxygen atoms in total. The zero-order chi connectivity index (χ0) is 13.6. The van der Waals surface area contributed by atoms with Crippen LogP contribution in [0.4, 0.5) is 0 Å².